The van der Waals surface area contributed by atoms with Gasteiger partial charge in [-0.15, -0.1) is 6.42 Å². The van der Waals surface area contributed by atoms with Gasteiger partial charge >= 0.3 is 0 Å². The molecule has 0 aliphatic carbocycles. The van der Waals surface area contributed by atoms with Gasteiger partial charge in [-0.05, 0) is 19.1 Å². The first-order valence-electron chi connectivity index (χ1n) is 1.95. The Morgan fingerprint density at radius 2 is 2.43 bits per heavy atom. The fourth-order valence-corrected chi connectivity index (χ4v) is 0.173. The van der Waals surface area contributed by atoms with Crippen molar-refractivity contribution in [3.05, 3.63) is 12.2 Å². The van der Waals surface area contributed by atoms with Gasteiger partial charge in [-0.3, -0.25) is 0 Å². The molecule has 0 atom stereocenters. The largest absolute Gasteiger partial charge is 0.306 e. The van der Waals surface area contributed by atoms with Crippen LogP contribution in [0.5, 0.6) is 0 Å². The predicted octanol–water partition coefficient (Wildman–Crippen LogP) is 1.22. The molecule has 1 heteroatoms. The lowest BCUT2D eigenvalue weighted by Gasteiger charge is -1.73. The van der Waals surface area contributed by atoms with Gasteiger partial charge in [-0.2, -0.15) is 0 Å². The second kappa shape index (κ2) is 3.17. The molecule has 0 unspecified atom stereocenters. The highest BCUT2D eigenvalue weighted by Gasteiger charge is 1.68. The molecule has 7 heavy (non-hydrogen) atoms. The molecule has 0 fully saturated rings. The lowest BCUT2D eigenvalue weighted by Crippen LogP contribution is -1.74. The summed E-state index contributed by atoms with van der Waals surface area (Å²) < 4.78 is 0. The zero-order valence-electron chi connectivity index (χ0n) is 4.23. The first-order valence-corrected chi connectivity index (χ1v) is 1.95. The minimum Gasteiger partial charge on any atom is -0.306 e. The van der Waals surface area contributed by atoms with Crippen molar-refractivity contribution >= 4 is 5.71 Å². The van der Waals surface area contributed by atoms with Crippen molar-refractivity contribution in [3.63, 3.8) is 0 Å². The summed E-state index contributed by atoms with van der Waals surface area (Å²) in [7, 11) is 0. The first kappa shape index (κ1) is 5.97. The lowest BCUT2D eigenvalue weighted by atomic mass is 10.4. The molecule has 0 saturated heterocycles. The Bertz CT molecular complexity index is 126. The van der Waals surface area contributed by atoms with Crippen LogP contribution in [0.2, 0.25) is 0 Å². The van der Waals surface area contributed by atoms with Crippen molar-refractivity contribution in [3.8, 4) is 12.3 Å². The molecule has 0 rings (SSSR count). The Morgan fingerprint density at radius 1 is 1.86 bits per heavy atom. The smallest absolute Gasteiger partial charge is 0.0289 e. The van der Waals surface area contributed by atoms with Crippen LogP contribution in [0.25, 0.3) is 0 Å². The van der Waals surface area contributed by atoms with Gasteiger partial charge in [0, 0.05) is 5.71 Å². The SMILES string of the molecule is C#C/C=C\C(C)=N. The molecule has 0 aromatic rings. The average molecular weight is 93.1 g/mol. The van der Waals surface area contributed by atoms with Gasteiger partial charge in [0.15, 0.2) is 0 Å². The maximum Gasteiger partial charge on any atom is 0.0289 e. The van der Waals surface area contributed by atoms with Crippen LogP contribution in [0.3, 0.4) is 0 Å². The Labute approximate surface area is 43.6 Å². The summed E-state index contributed by atoms with van der Waals surface area (Å²) in [6, 6.07) is 0. The van der Waals surface area contributed by atoms with Gasteiger partial charge < -0.3 is 5.41 Å². The lowest BCUT2D eigenvalue weighted by molar-refractivity contribution is 1.50. The molecule has 0 aromatic carbocycles. The molecular formula is C6H7N. The Morgan fingerprint density at radius 3 is 2.57 bits per heavy atom. The quantitative estimate of drug-likeness (QED) is 0.372. The first-order chi connectivity index (χ1) is 3.27. The summed E-state index contributed by atoms with van der Waals surface area (Å²) in [4.78, 5) is 0. The topological polar surface area (TPSA) is 23.9 Å². The standard InChI is InChI=1S/C6H7N/c1-3-4-5-6(2)7/h1,4-5,7H,2H3/b5-4-,7-6?. The van der Waals surface area contributed by atoms with Crippen molar-refractivity contribution in [2.45, 2.75) is 6.92 Å². The summed E-state index contributed by atoms with van der Waals surface area (Å²) >= 11 is 0. The second-order valence-electron chi connectivity index (χ2n) is 1.18. The van der Waals surface area contributed by atoms with Gasteiger partial charge in [0.1, 0.15) is 0 Å². The van der Waals surface area contributed by atoms with E-state index in [4.69, 9.17) is 11.8 Å². The van der Waals surface area contributed by atoms with Crippen LogP contribution in [0, 0.1) is 17.8 Å². The Hall–Kier alpha value is -1.03. The number of hydrogen-bond donors (Lipinski definition) is 1. The molecule has 1 nitrogen and oxygen atoms in total. The minimum atomic E-state index is 0.484. The van der Waals surface area contributed by atoms with E-state index in [0.29, 0.717) is 5.71 Å². The van der Waals surface area contributed by atoms with Crippen molar-refractivity contribution in [1.29, 1.82) is 5.41 Å². The van der Waals surface area contributed by atoms with Gasteiger partial charge in [-0.25, -0.2) is 0 Å². The van der Waals surface area contributed by atoms with Crippen LogP contribution in [0.1, 0.15) is 6.92 Å². The zero-order chi connectivity index (χ0) is 5.70. The van der Waals surface area contributed by atoms with Gasteiger partial charge in [0.05, 0.1) is 0 Å². The van der Waals surface area contributed by atoms with E-state index in [1.54, 1.807) is 13.0 Å². The van der Waals surface area contributed by atoms with E-state index in [0.717, 1.165) is 0 Å². The summed E-state index contributed by atoms with van der Waals surface area (Å²) in [6.45, 7) is 1.67. The molecule has 0 heterocycles. The molecule has 0 radical (unpaired) electrons. The summed E-state index contributed by atoms with van der Waals surface area (Å²) in [6.07, 6.45) is 7.92. The van der Waals surface area contributed by atoms with Crippen molar-refractivity contribution in [1.82, 2.24) is 0 Å². The molecule has 0 amide bonds. The number of rotatable bonds is 1. The van der Waals surface area contributed by atoms with Crippen LogP contribution in [-0.2, 0) is 0 Å². The van der Waals surface area contributed by atoms with Crippen LogP contribution in [-0.4, -0.2) is 5.71 Å². The highest BCUT2D eigenvalue weighted by atomic mass is 14.4. The van der Waals surface area contributed by atoms with E-state index < -0.39 is 0 Å². The van der Waals surface area contributed by atoms with Crippen molar-refractivity contribution < 1.29 is 0 Å². The van der Waals surface area contributed by atoms with E-state index in [-0.39, 0.29) is 0 Å². The molecule has 0 aromatic heterocycles. The molecule has 0 spiro atoms. The Kier molecular flexibility index (Phi) is 2.70. The van der Waals surface area contributed by atoms with E-state index in [9.17, 15) is 0 Å². The molecule has 0 bridgehead atoms. The molecule has 36 valence electrons. The van der Waals surface area contributed by atoms with E-state index in [2.05, 4.69) is 5.92 Å². The van der Waals surface area contributed by atoms with Crippen LogP contribution in [0.4, 0.5) is 0 Å². The predicted molar refractivity (Wildman–Crippen MR) is 31.4 cm³/mol. The molecular weight excluding hydrogens is 86.1 g/mol. The highest BCUT2D eigenvalue weighted by molar-refractivity contribution is 5.90. The fraction of sp³-hybridized carbons (Fsp3) is 0.167. The van der Waals surface area contributed by atoms with E-state index in [1.807, 2.05) is 0 Å². The Balaban J connectivity index is 3.53. The van der Waals surface area contributed by atoms with E-state index in [1.165, 1.54) is 6.08 Å². The molecule has 0 aliphatic rings. The van der Waals surface area contributed by atoms with Gasteiger partial charge in [-0.1, -0.05) is 5.92 Å². The zero-order valence-corrected chi connectivity index (χ0v) is 4.23. The maximum atomic E-state index is 6.82. The minimum absolute atomic E-state index is 0.484. The summed E-state index contributed by atoms with van der Waals surface area (Å²) in [5.74, 6) is 2.28. The number of hydrogen-bond acceptors (Lipinski definition) is 1. The van der Waals surface area contributed by atoms with E-state index >= 15 is 0 Å². The summed E-state index contributed by atoms with van der Waals surface area (Å²) in [5.41, 5.74) is 0.484. The molecule has 0 saturated carbocycles. The van der Waals surface area contributed by atoms with Gasteiger partial charge in [0.25, 0.3) is 0 Å². The maximum absolute atomic E-state index is 6.82. The number of terminal acetylenes is 1. The van der Waals surface area contributed by atoms with Crippen LogP contribution < -0.4 is 0 Å². The van der Waals surface area contributed by atoms with Crippen LogP contribution in [0.15, 0.2) is 12.2 Å². The molecule has 0 aliphatic heterocycles. The monoisotopic (exact) mass is 93.1 g/mol. The van der Waals surface area contributed by atoms with Crippen molar-refractivity contribution in [2.24, 2.45) is 0 Å². The number of allylic oxidation sites excluding steroid dienone is 2. The third-order valence-corrected chi connectivity index (χ3v) is 0.430. The second-order valence-corrected chi connectivity index (χ2v) is 1.18. The van der Waals surface area contributed by atoms with Crippen molar-refractivity contribution in [2.75, 3.05) is 0 Å². The summed E-state index contributed by atoms with van der Waals surface area (Å²) in [5, 5.41) is 6.82. The normalized spacial score (nSPS) is 8.57. The molecule has 1 N–H and O–H groups in total. The highest BCUT2D eigenvalue weighted by Crippen LogP contribution is 1.70. The van der Waals surface area contributed by atoms with Crippen LogP contribution >= 0.6 is 0 Å². The third kappa shape index (κ3) is 4.97. The average Bonchev–Trinajstić information content (AvgIpc) is 1.61. The number of nitrogens with one attached hydrogen (secondary N) is 1. The fourth-order valence-electron chi connectivity index (χ4n) is 0.173. The third-order valence-electron chi connectivity index (χ3n) is 0.430. The van der Waals surface area contributed by atoms with Gasteiger partial charge in [0.2, 0.25) is 0 Å².